The minimum atomic E-state index is 0.244. The molecule has 3 heteroatoms. The molecule has 2 aliphatic carbocycles. The Labute approximate surface area is 111 Å². The van der Waals surface area contributed by atoms with E-state index in [2.05, 4.69) is 17.6 Å². The number of rotatable bonds is 6. The van der Waals surface area contributed by atoms with Crippen LogP contribution in [0.3, 0.4) is 0 Å². The normalized spacial score (nSPS) is 28.7. The van der Waals surface area contributed by atoms with Crippen molar-refractivity contribution in [3.63, 3.8) is 0 Å². The van der Waals surface area contributed by atoms with Gasteiger partial charge in [-0.25, -0.2) is 0 Å². The molecule has 2 N–H and O–H groups in total. The number of carbonyl (C=O) groups is 1. The van der Waals surface area contributed by atoms with Crippen molar-refractivity contribution in [2.24, 2.45) is 5.92 Å². The molecule has 0 radical (unpaired) electrons. The van der Waals surface area contributed by atoms with Gasteiger partial charge in [0.2, 0.25) is 5.91 Å². The van der Waals surface area contributed by atoms with E-state index in [9.17, 15) is 4.79 Å². The van der Waals surface area contributed by atoms with E-state index in [0.29, 0.717) is 18.5 Å². The summed E-state index contributed by atoms with van der Waals surface area (Å²) in [6.07, 6.45) is 10.8. The standard InChI is InChI=1S/C15H28N2O/c1-12-4-2-5-13(8-7-12)16-11-3-6-15(18)17-14-9-10-14/h12-14,16H,2-11H2,1H3,(H,17,18). The van der Waals surface area contributed by atoms with Crippen LogP contribution in [-0.4, -0.2) is 24.5 Å². The summed E-state index contributed by atoms with van der Waals surface area (Å²) in [4.78, 5) is 11.5. The lowest BCUT2D eigenvalue weighted by Gasteiger charge is -2.16. The van der Waals surface area contributed by atoms with Gasteiger partial charge in [0.25, 0.3) is 0 Å². The van der Waals surface area contributed by atoms with Gasteiger partial charge in [0.15, 0.2) is 0 Å². The van der Waals surface area contributed by atoms with E-state index >= 15 is 0 Å². The Kier molecular flexibility index (Phi) is 5.48. The maximum atomic E-state index is 11.5. The fourth-order valence-electron chi connectivity index (χ4n) is 2.77. The first-order valence-electron chi connectivity index (χ1n) is 7.77. The quantitative estimate of drug-likeness (QED) is 0.563. The van der Waals surface area contributed by atoms with Crippen molar-refractivity contribution in [1.29, 1.82) is 0 Å². The Morgan fingerprint density at radius 2 is 1.83 bits per heavy atom. The second kappa shape index (κ2) is 7.13. The number of carbonyl (C=O) groups excluding carboxylic acids is 1. The molecule has 2 rings (SSSR count). The Hall–Kier alpha value is -0.570. The van der Waals surface area contributed by atoms with Crippen molar-refractivity contribution in [3.05, 3.63) is 0 Å². The van der Waals surface area contributed by atoms with E-state index in [-0.39, 0.29) is 5.91 Å². The van der Waals surface area contributed by atoms with E-state index in [0.717, 1.165) is 18.9 Å². The molecule has 1 amide bonds. The predicted molar refractivity (Wildman–Crippen MR) is 74.4 cm³/mol. The molecular formula is C15H28N2O. The molecule has 0 bridgehead atoms. The average Bonchev–Trinajstić information content (AvgIpc) is 3.14. The van der Waals surface area contributed by atoms with Gasteiger partial charge in [-0.1, -0.05) is 19.8 Å². The first-order valence-corrected chi connectivity index (χ1v) is 7.77. The molecule has 0 aromatic rings. The summed E-state index contributed by atoms with van der Waals surface area (Å²) >= 11 is 0. The Balaban J connectivity index is 1.50. The van der Waals surface area contributed by atoms with Gasteiger partial charge in [-0.2, -0.15) is 0 Å². The second-order valence-electron chi connectivity index (χ2n) is 6.21. The van der Waals surface area contributed by atoms with Crippen molar-refractivity contribution in [2.75, 3.05) is 6.54 Å². The first-order chi connectivity index (χ1) is 8.74. The summed E-state index contributed by atoms with van der Waals surface area (Å²) in [6, 6.07) is 1.20. The zero-order valence-electron chi connectivity index (χ0n) is 11.7. The van der Waals surface area contributed by atoms with Crippen LogP contribution in [-0.2, 0) is 4.79 Å². The van der Waals surface area contributed by atoms with E-state index < -0.39 is 0 Å². The molecule has 0 aliphatic heterocycles. The van der Waals surface area contributed by atoms with E-state index in [1.54, 1.807) is 0 Å². The largest absolute Gasteiger partial charge is 0.353 e. The maximum absolute atomic E-state index is 11.5. The second-order valence-corrected chi connectivity index (χ2v) is 6.21. The molecule has 104 valence electrons. The van der Waals surface area contributed by atoms with Gasteiger partial charge >= 0.3 is 0 Å². The third kappa shape index (κ3) is 5.38. The van der Waals surface area contributed by atoms with Crippen molar-refractivity contribution >= 4 is 5.91 Å². The van der Waals surface area contributed by atoms with Crippen LogP contribution in [0.4, 0.5) is 0 Å². The molecule has 0 spiro atoms. The van der Waals surface area contributed by atoms with Gasteiger partial charge in [0.1, 0.15) is 0 Å². The molecule has 3 nitrogen and oxygen atoms in total. The molecule has 2 aliphatic rings. The van der Waals surface area contributed by atoms with E-state index in [1.165, 1.54) is 44.9 Å². The lowest BCUT2D eigenvalue weighted by molar-refractivity contribution is -0.121. The van der Waals surface area contributed by atoms with Crippen LogP contribution in [0.15, 0.2) is 0 Å². The van der Waals surface area contributed by atoms with Gasteiger partial charge < -0.3 is 10.6 Å². The lowest BCUT2D eigenvalue weighted by Crippen LogP contribution is -2.31. The van der Waals surface area contributed by atoms with Crippen LogP contribution in [0.2, 0.25) is 0 Å². The highest BCUT2D eigenvalue weighted by Gasteiger charge is 2.22. The molecule has 2 saturated carbocycles. The summed E-state index contributed by atoms with van der Waals surface area (Å²) in [7, 11) is 0. The third-order valence-electron chi connectivity index (χ3n) is 4.21. The fraction of sp³-hybridized carbons (Fsp3) is 0.933. The number of nitrogens with one attached hydrogen (secondary N) is 2. The molecule has 0 heterocycles. The molecule has 18 heavy (non-hydrogen) atoms. The molecular weight excluding hydrogens is 224 g/mol. The molecule has 2 unspecified atom stereocenters. The van der Waals surface area contributed by atoms with Crippen molar-refractivity contribution in [2.45, 2.75) is 76.8 Å². The Bertz CT molecular complexity index is 263. The zero-order valence-corrected chi connectivity index (χ0v) is 11.7. The van der Waals surface area contributed by atoms with Gasteiger partial charge in [0, 0.05) is 18.5 Å². The van der Waals surface area contributed by atoms with Crippen LogP contribution in [0.25, 0.3) is 0 Å². The average molecular weight is 252 g/mol. The lowest BCUT2D eigenvalue weighted by atomic mass is 10.0. The van der Waals surface area contributed by atoms with Crippen LogP contribution in [0.1, 0.15) is 64.7 Å². The number of hydrogen-bond acceptors (Lipinski definition) is 2. The fourth-order valence-corrected chi connectivity index (χ4v) is 2.77. The maximum Gasteiger partial charge on any atom is 0.220 e. The Morgan fingerprint density at radius 1 is 1.06 bits per heavy atom. The summed E-state index contributed by atoms with van der Waals surface area (Å²) in [5.74, 6) is 1.15. The van der Waals surface area contributed by atoms with Crippen LogP contribution >= 0.6 is 0 Å². The summed E-state index contributed by atoms with van der Waals surface area (Å²) < 4.78 is 0. The van der Waals surface area contributed by atoms with Crippen LogP contribution < -0.4 is 10.6 Å². The van der Waals surface area contributed by atoms with Crippen molar-refractivity contribution in [3.8, 4) is 0 Å². The molecule has 0 aromatic carbocycles. The van der Waals surface area contributed by atoms with E-state index in [1.807, 2.05) is 0 Å². The van der Waals surface area contributed by atoms with Gasteiger partial charge in [-0.05, 0) is 51.0 Å². The highest BCUT2D eigenvalue weighted by Crippen LogP contribution is 2.22. The highest BCUT2D eigenvalue weighted by atomic mass is 16.1. The topological polar surface area (TPSA) is 41.1 Å². The van der Waals surface area contributed by atoms with Crippen LogP contribution in [0.5, 0.6) is 0 Å². The molecule has 2 atom stereocenters. The smallest absolute Gasteiger partial charge is 0.220 e. The zero-order chi connectivity index (χ0) is 12.8. The van der Waals surface area contributed by atoms with Crippen molar-refractivity contribution in [1.82, 2.24) is 10.6 Å². The van der Waals surface area contributed by atoms with Crippen LogP contribution in [0, 0.1) is 5.92 Å². The summed E-state index contributed by atoms with van der Waals surface area (Å²) in [6.45, 7) is 3.36. The molecule has 0 aromatic heterocycles. The van der Waals surface area contributed by atoms with Gasteiger partial charge in [0.05, 0.1) is 0 Å². The monoisotopic (exact) mass is 252 g/mol. The highest BCUT2D eigenvalue weighted by molar-refractivity contribution is 5.76. The van der Waals surface area contributed by atoms with Gasteiger partial charge in [-0.15, -0.1) is 0 Å². The SMILES string of the molecule is CC1CCCC(NCCCC(=O)NC2CC2)CC1. The first kappa shape index (κ1) is 13.9. The predicted octanol–water partition coefficient (Wildman–Crippen LogP) is 2.60. The molecule has 2 fully saturated rings. The Morgan fingerprint density at radius 3 is 2.61 bits per heavy atom. The third-order valence-corrected chi connectivity index (χ3v) is 4.21. The van der Waals surface area contributed by atoms with Gasteiger partial charge in [-0.3, -0.25) is 4.79 Å². The van der Waals surface area contributed by atoms with E-state index in [4.69, 9.17) is 0 Å². The van der Waals surface area contributed by atoms with Crippen molar-refractivity contribution < 1.29 is 4.79 Å². The number of amides is 1. The summed E-state index contributed by atoms with van der Waals surface area (Å²) in [5.41, 5.74) is 0. The minimum Gasteiger partial charge on any atom is -0.353 e. The summed E-state index contributed by atoms with van der Waals surface area (Å²) in [5, 5.41) is 6.67. The minimum absolute atomic E-state index is 0.244. The number of hydrogen-bond donors (Lipinski definition) is 2. The molecule has 0 saturated heterocycles.